The number of carbonyl (C=O) groups is 1. The first-order valence-electron chi connectivity index (χ1n) is 11.2. The second-order valence-corrected chi connectivity index (χ2v) is 9.03. The van der Waals surface area contributed by atoms with Crippen molar-refractivity contribution in [3.8, 4) is 29.0 Å². The number of nitriles is 1. The highest BCUT2D eigenvalue weighted by Gasteiger charge is 2.16. The van der Waals surface area contributed by atoms with Gasteiger partial charge in [-0.2, -0.15) is 5.26 Å². The summed E-state index contributed by atoms with van der Waals surface area (Å²) in [6.07, 6.45) is 1.52. The zero-order valence-electron chi connectivity index (χ0n) is 19.6. The molecule has 0 aliphatic rings. The third kappa shape index (κ3) is 6.70. The quantitative estimate of drug-likeness (QED) is 0.183. The predicted octanol–water partition coefficient (Wildman–Crippen LogP) is 6.19. The number of hydrogen-bond acceptors (Lipinski definition) is 7. The number of nitrogens with one attached hydrogen (secondary N) is 1. The molecule has 1 aromatic heterocycles. The number of thioether (sulfide) groups is 1. The lowest BCUT2D eigenvalue weighted by Gasteiger charge is -2.13. The topological polar surface area (TPSA) is 121 Å². The SMILES string of the molecule is CCOc1cc(/C=C(\Sc2n[nH]c(-c3ccc(Cl)cc3)n2)C(=O)O)ccc1OCc1ccccc1C#N. The van der Waals surface area contributed by atoms with Crippen LogP contribution in [0.25, 0.3) is 17.5 Å². The number of aromatic nitrogens is 3. The Kier molecular flexibility index (Phi) is 8.46. The lowest BCUT2D eigenvalue weighted by Crippen LogP contribution is -2.02. The average molecular weight is 533 g/mol. The molecule has 8 nitrogen and oxygen atoms in total. The highest BCUT2D eigenvalue weighted by atomic mass is 35.5. The third-order valence-corrected chi connectivity index (χ3v) is 6.21. The summed E-state index contributed by atoms with van der Waals surface area (Å²) < 4.78 is 11.7. The Bertz CT molecular complexity index is 1480. The molecule has 0 bridgehead atoms. The molecule has 37 heavy (non-hydrogen) atoms. The van der Waals surface area contributed by atoms with E-state index in [-0.39, 0.29) is 16.7 Å². The van der Waals surface area contributed by atoms with E-state index < -0.39 is 5.97 Å². The van der Waals surface area contributed by atoms with Gasteiger partial charge in [-0.1, -0.05) is 35.9 Å². The van der Waals surface area contributed by atoms with Crippen molar-refractivity contribution in [1.29, 1.82) is 5.26 Å². The molecule has 0 unspecified atom stereocenters. The van der Waals surface area contributed by atoms with Crippen LogP contribution in [-0.4, -0.2) is 32.9 Å². The summed E-state index contributed by atoms with van der Waals surface area (Å²) in [5, 5.41) is 26.9. The van der Waals surface area contributed by atoms with Crippen LogP contribution in [0.4, 0.5) is 0 Å². The molecule has 4 rings (SSSR count). The van der Waals surface area contributed by atoms with Crippen molar-refractivity contribution in [3.63, 3.8) is 0 Å². The minimum atomic E-state index is -1.12. The van der Waals surface area contributed by atoms with Gasteiger partial charge in [-0.25, -0.2) is 9.78 Å². The lowest BCUT2D eigenvalue weighted by molar-refractivity contribution is -0.131. The Morgan fingerprint density at radius 1 is 1.14 bits per heavy atom. The Hall–Kier alpha value is -4.26. The summed E-state index contributed by atoms with van der Waals surface area (Å²) >= 11 is 6.86. The Balaban J connectivity index is 1.54. The first-order chi connectivity index (χ1) is 18.0. The molecule has 3 aromatic carbocycles. The standard InChI is InChI=1S/C27H21ClN4O4S/c1-2-35-23-13-17(7-12-22(23)36-16-20-6-4-3-5-19(20)15-29)14-24(26(33)34)37-27-30-25(31-32-27)18-8-10-21(28)11-9-18/h3-14H,2,16H2,1H3,(H,33,34)(H,30,31,32)/b24-14-. The maximum Gasteiger partial charge on any atom is 0.342 e. The van der Waals surface area contributed by atoms with E-state index in [1.807, 2.05) is 19.1 Å². The van der Waals surface area contributed by atoms with Crippen molar-refractivity contribution < 1.29 is 19.4 Å². The van der Waals surface area contributed by atoms with E-state index in [9.17, 15) is 15.2 Å². The van der Waals surface area contributed by atoms with Crippen LogP contribution in [0.5, 0.6) is 11.5 Å². The first-order valence-corrected chi connectivity index (χ1v) is 12.3. The fraction of sp³-hybridized carbons (Fsp3) is 0.111. The van der Waals surface area contributed by atoms with Gasteiger partial charge in [0.15, 0.2) is 17.3 Å². The normalized spacial score (nSPS) is 11.1. The second kappa shape index (κ2) is 12.1. The minimum absolute atomic E-state index is 0.0284. The molecular weight excluding hydrogens is 512 g/mol. The fourth-order valence-corrected chi connectivity index (χ4v) is 4.16. The molecule has 0 amide bonds. The Morgan fingerprint density at radius 3 is 2.65 bits per heavy atom. The van der Waals surface area contributed by atoms with E-state index >= 15 is 0 Å². The van der Waals surface area contributed by atoms with E-state index in [1.165, 1.54) is 6.08 Å². The predicted molar refractivity (Wildman–Crippen MR) is 141 cm³/mol. The van der Waals surface area contributed by atoms with Gasteiger partial charge in [0.2, 0.25) is 5.16 Å². The number of aromatic amines is 1. The van der Waals surface area contributed by atoms with Gasteiger partial charge in [0, 0.05) is 16.1 Å². The number of nitrogens with zero attached hydrogens (tertiary/aromatic N) is 3. The molecule has 0 aliphatic heterocycles. The maximum absolute atomic E-state index is 12.0. The van der Waals surface area contributed by atoms with Gasteiger partial charge in [-0.05, 0) is 72.8 Å². The number of carboxylic acid groups (broad SMARTS) is 1. The summed E-state index contributed by atoms with van der Waals surface area (Å²) in [5.74, 6) is 0.331. The molecule has 0 radical (unpaired) electrons. The van der Waals surface area contributed by atoms with Gasteiger partial charge in [0.25, 0.3) is 0 Å². The molecular formula is C27H21ClN4O4S. The third-order valence-electron chi connectivity index (χ3n) is 5.08. The first kappa shape index (κ1) is 25.8. The molecule has 0 aliphatic carbocycles. The molecule has 186 valence electrons. The van der Waals surface area contributed by atoms with Crippen molar-refractivity contribution in [2.75, 3.05) is 6.61 Å². The zero-order chi connectivity index (χ0) is 26.2. The molecule has 1 heterocycles. The zero-order valence-corrected chi connectivity index (χ0v) is 21.2. The van der Waals surface area contributed by atoms with E-state index in [1.54, 1.807) is 54.6 Å². The van der Waals surface area contributed by atoms with Crippen LogP contribution >= 0.6 is 23.4 Å². The summed E-state index contributed by atoms with van der Waals surface area (Å²) in [5.41, 5.74) is 2.67. The molecule has 4 aromatic rings. The van der Waals surface area contributed by atoms with Crippen molar-refractivity contribution in [3.05, 3.63) is 93.3 Å². The Labute approximate surface area is 222 Å². The van der Waals surface area contributed by atoms with Crippen LogP contribution in [0.1, 0.15) is 23.6 Å². The summed E-state index contributed by atoms with van der Waals surface area (Å²) in [7, 11) is 0. The Morgan fingerprint density at radius 2 is 1.92 bits per heavy atom. The van der Waals surface area contributed by atoms with Crippen LogP contribution in [-0.2, 0) is 11.4 Å². The molecule has 0 fully saturated rings. The van der Waals surface area contributed by atoms with E-state index in [0.29, 0.717) is 40.1 Å². The van der Waals surface area contributed by atoms with Gasteiger partial charge >= 0.3 is 5.97 Å². The van der Waals surface area contributed by atoms with Gasteiger partial charge in [0.1, 0.15) is 11.5 Å². The number of benzene rings is 3. The molecule has 0 saturated heterocycles. The van der Waals surface area contributed by atoms with E-state index in [0.717, 1.165) is 22.9 Å². The van der Waals surface area contributed by atoms with Crippen LogP contribution in [0.15, 0.2) is 76.8 Å². The van der Waals surface area contributed by atoms with Gasteiger partial charge in [-0.3, -0.25) is 5.10 Å². The number of rotatable bonds is 10. The number of carboxylic acids is 1. The number of halogens is 1. The van der Waals surface area contributed by atoms with Crippen LogP contribution in [0.3, 0.4) is 0 Å². The molecule has 2 N–H and O–H groups in total. The summed E-state index contributed by atoms with van der Waals surface area (Å²) in [6.45, 7) is 2.43. The number of hydrogen-bond donors (Lipinski definition) is 2. The van der Waals surface area contributed by atoms with E-state index in [4.69, 9.17) is 21.1 Å². The highest BCUT2D eigenvalue weighted by molar-refractivity contribution is 8.04. The largest absolute Gasteiger partial charge is 0.490 e. The van der Waals surface area contributed by atoms with Crippen molar-refractivity contribution >= 4 is 35.4 Å². The monoisotopic (exact) mass is 532 g/mol. The van der Waals surface area contributed by atoms with Gasteiger partial charge < -0.3 is 14.6 Å². The van der Waals surface area contributed by atoms with Crippen LogP contribution in [0, 0.1) is 11.3 Å². The molecule has 0 atom stereocenters. The highest BCUT2D eigenvalue weighted by Crippen LogP contribution is 2.33. The van der Waals surface area contributed by atoms with Crippen LogP contribution in [0.2, 0.25) is 5.02 Å². The molecule has 0 spiro atoms. The molecule has 0 saturated carbocycles. The van der Waals surface area contributed by atoms with Crippen molar-refractivity contribution in [2.24, 2.45) is 0 Å². The fourth-order valence-electron chi connectivity index (χ4n) is 3.33. The number of H-pyrrole nitrogens is 1. The van der Waals surface area contributed by atoms with E-state index in [2.05, 4.69) is 21.3 Å². The van der Waals surface area contributed by atoms with Crippen molar-refractivity contribution in [1.82, 2.24) is 15.2 Å². The summed E-state index contributed by atoms with van der Waals surface area (Å²) in [4.78, 5) is 16.4. The number of aliphatic carboxylic acids is 1. The van der Waals surface area contributed by atoms with Crippen LogP contribution < -0.4 is 9.47 Å². The lowest BCUT2D eigenvalue weighted by atomic mass is 10.1. The van der Waals surface area contributed by atoms with Gasteiger partial charge in [-0.15, -0.1) is 5.10 Å². The smallest absolute Gasteiger partial charge is 0.342 e. The minimum Gasteiger partial charge on any atom is -0.490 e. The number of ether oxygens (including phenoxy) is 2. The maximum atomic E-state index is 12.0. The summed E-state index contributed by atoms with van der Waals surface area (Å²) in [6, 6.07) is 21.6. The molecule has 10 heteroatoms. The van der Waals surface area contributed by atoms with Crippen molar-refractivity contribution in [2.45, 2.75) is 18.7 Å². The van der Waals surface area contributed by atoms with Gasteiger partial charge in [0.05, 0.1) is 18.2 Å². The average Bonchev–Trinajstić information content (AvgIpc) is 3.37. The second-order valence-electron chi connectivity index (χ2n) is 7.59.